The standard InChI is InChI=1S/C20H21N3O6/c1-26-14-4-6-16(27-2)15(10-14)21-19(24)11-22-7-8-23(20(22)25)13-3-5-17-18(9-13)29-12-28-17/h3-6,9-10H,7-8,11-12H2,1-2H3,(H,21,24). The minimum atomic E-state index is -0.322. The molecule has 0 spiro atoms. The van der Waals surface area contributed by atoms with E-state index in [4.69, 9.17) is 18.9 Å². The van der Waals surface area contributed by atoms with Crippen molar-refractivity contribution < 1.29 is 28.5 Å². The predicted octanol–water partition coefficient (Wildman–Crippen LogP) is 2.31. The fourth-order valence-electron chi connectivity index (χ4n) is 3.30. The van der Waals surface area contributed by atoms with Gasteiger partial charge in [0.1, 0.15) is 18.0 Å². The Labute approximate surface area is 167 Å². The average molecular weight is 399 g/mol. The normalized spacial score (nSPS) is 14.9. The summed E-state index contributed by atoms with van der Waals surface area (Å²) >= 11 is 0. The van der Waals surface area contributed by atoms with E-state index in [0.717, 1.165) is 0 Å². The Balaban J connectivity index is 1.41. The summed E-state index contributed by atoms with van der Waals surface area (Å²) in [7, 11) is 3.06. The van der Waals surface area contributed by atoms with E-state index in [0.29, 0.717) is 47.5 Å². The van der Waals surface area contributed by atoms with Gasteiger partial charge < -0.3 is 29.2 Å². The highest BCUT2D eigenvalue weighted by atomic mass is 16.7. The molecule has 0 unspecified atom stereocenters. The van der Waals surface area contributed by atoms with Gasteiger partial charge in [0.25, 0.3) is 0 Å². The van der Waals surface area contributed by atoms with Crippen LogP contribution in [0.3, 0.4) is 0 Å². The zero-order valence-electron chi connectivity index (χ0n) is 16.1. The van der Waals surface area contributed by atoms with Crippen molar-refractivity contribution in [1.82, 2.24) is 4.90 Å². The number of rotatable bonds is 6. The molecule has 0 bridgehead atoms. The molecule has 2 aromatic rings. The zero-order chi connectivity index (χ0) is 20.4. The number of urea groups is 1. The Morgan fingerprint density at radius 3 is 2.69 bits per heavy atom. The van der Waals surface area contributed by atoms with E-state index in [2.05, 4.69) is 5.32 Å². The molecule has 152 valence electrons. The highest BCUT2D eigenvalue weighted by Crippen LogP contribution is 2.36. The summed E-state index contributed by atoms with van der Waals surface area (Å²) in [6.45, 7) is 1.02. The molecule has 2 aliphatic heterocycles. The van der Waals surface area contributed by atoms with Crippen molar-refractivity contribution in [2.45, 2.75) is 0 Å². The van der Waals surface area contributed by atoms with Crippen LogP contribution < -0.4 is 29.2 Å². The Morgan fingerprint density at radius 2 is 1.90 bits per heavy atom. The molecular formula is C20H21N3O6. The average Bonchev–Trinajstić information content (AvgIpc) is 3.34. The molecule has 9 nitrogen and oxygen atoms in total. The number of fused-ring (bicyclic) bond motifs is 1. The van der Waals surface area contributed by atoms with Gasteiger partial charge in [-0.3, -0.25) is 9.69 Å². The first-order valence-electron chi connectivity index (χ1n) is 9.07. The highest BCUT2D eigenvalue weighted by Gasteiger charge is 2.32. The van der Waals surface area contributed by atoms with Gasteiger partial charge in [0, 0.05) is 30.9 Å². The third kappa shape index (κ3) is 3.71. The van der Waals surface area contributed by atoms with E-state index in [1.807, 2.05) is 0 Å². The van der Waals surface area contributed by atoms with Crippen LogP contribution in [0.15, 0.2) is 36.4 Å². The monoisotopic (exact) mass is 399 g/mol. The van der Waals surface area contributed by atoms with Crippen LogP contribution in [0.1, 0.15) is 0 Å². The second kappa shape index (κ2) is 7.78. The first-order valence-corrected chi connectivity index (χ1v) is 9.07. The molecule has 0 radical (unpaired) electrons. The molecule has 3 amide bonds. The quantitative estimate of drug-likeness (QED) is 0.802. The molecule has 9 heteroatoms. The number of ether oxygens (including phenoxy) is 4. The molecule has 1 saturated heterocycles. The summed E-state index contributed by atoms with van der Waals surface area (Å²) in [6.07, 6.45) is 0. The van der Waals surface area contributed by atoms with Crippen LogP contribution in [-0.4, -0.2) is 57.5 Å². The molecule has 2 aromatic carbocycles. The van der Waals surface area contributed by atoms with E-state index in [9.17, 15) is 9.59 Å². The molecular weight excluding hydrogens is 378 g/mol. The molecule has 4 rings (SSSR count). The van der Waals surface area contributed by atoms with Gasteiger partial charge in [-0.1, -0.05) is 0 Å². The van der Waals surface area contributed by atoms with Gasteiger partial charge in [-0.2, -0.15) is 0 Å². The third-order valence-corrected chi connectivity index (χ3v) is 4.78. The Bertz CT molecular complexity index is 948. The number of anilines is 2. The fourth-order valence-corrected chi connectivity index (χ4v) is 3.30. The van der Waals surface area contributed by atoms with Crippen LogP contribution in [0.25, 0.3) is 0 Å². The number of carbonyl (C=O) groups is 2. The Kier molecular flexibility index (Phi) is 5.03. The number of amides is 3. The van der Waals surface area contributed by atoms with Crippen LogP contribution in [0.5, 0.6) is 23.0 Å². The summed E-state index contributed by atoms with van der Waals surface area (Å²) in [6, 6.07) is 10.2. The van der Waals surface area contributed by atoms with Gasteiger partial charge in [0.2, 0.25) is 12.7 Å². The number of nitrogens with zero attached hydrogens (tertiary/aromatic N) is 2. The molecule has 1 fully saturated rings. The molecule has 0 aromatic heterocycles. The van der Waals surface area contributed by atoms with Gasteiger partial charge in [-0.25, -0.2) is 4.79 Å². The topological polar surface area (TPSA) is 89.6 Å². The first kappa shape index (κ1) is 18.7. The molecule has 0 atom stereocenters. The van der Waals surface area contributed by atoms with Crippen molar-refractivity contribution in [3.05, 3.63) is 36.4 Å². The summed E-state index contributed by atoms with van der Waals surface area (Å²) in [5.41, 5.74) is 1.19. The smallest absolute Gasteiger partial charge is 0.325 e. The lowest BCUT2D eigenvalue weighted by atomic mass is 10.2. The van der Waals surface area contributed by atoms with E-state index >= 15 is 0 Å². The Morgan fingerprint density at radius 1 is 1.07 bits per heavy atom. The van der Waals surface area contributed by atoms with Crippen LogP contribution in [-0.2, 0) is 4.79 Å². The largest absolute Gasteiger partial charge is 0.497 e. The second-order valence-corrected chi connectivity index (χ2v) is 6.51. The summed E-state index contributed by atoms with van der Waals surface area (Å²) in [5, 5.41) is 2.78. The molecule has 29 heavy (non-hydrogen) atoms. The van der Waals surface area contributed by atoms with Crippen LogP contribution in [0.2, 0.25) is 0 Å². The summed E-state index contributed by atoms with van der Waals surface area (Å²) in [4.78, 5) is 28.4. The number of nitrogens with one attached hydrogen (secondary N) is 1. The number of carbonyl (C=O) groups excluding carboxylic acids is 2. The minimum Gasteiger partial charge on any atom is -0.497 e. The van der Waals surface area contributed by atoms with E-state index in [-0.39, 0.29) is 25.3 Å². The van der Waals surface area contributed by atoms with E-state index < -0.39 is 0 Å². The van der Waals surface area contributed by atoms with Crippen molar-refractivity contribution in [2.75, 3.05) is 50.9 Å². The van der Waals surface area contributed by atoms with E-state index in [1.165, 1.54) is 12.0 Å². The molecule has 2 heterocycles. The molecule has 1 N–H and O–H groups in total. The lowest BCUT2D eigenvalue weighted by molar-refractivity contribution is -0.116. The zero-order valence-corrected chi connectivity index (χ0v) is 16.1. The van der Waals surface area contributed by atoms with Gasteiger partial charge in [-0.05, 0) is 24.3 Å². The molecule has 0 aliphatic carbocycles. The van der Waals surface area contributed by atoms with Crippen molar-refractivity contribution >= 4 is 23.3 Å². The third-order valence-electron chi connectivity index (χ3n) is 4.78. The molecule has 0 saturated carbocycles. The van der Waals surface area contributed by atoms with Gasteiger partial charge >= 0.3 is 6.03 Å². The fraction of sp³-hybridized carbons (Fsp3) is 0.300. The minimum absolute atomic E-state index is 0.0692. The first-order chi connectivity index (χ1) is 14.1. The van der Waals surface area contributed by atoms with Crippen molar-refractivity contribution in [1.29, 1.82) is 0 Å². The number of benzene rings is 2. The van der Waals surface area contributed by atoms with Crippen molar-refractivity contribution in [3.8, 4) is 23.0 Å². The summed E-state index contributed by atoms with van der Waals surface area (Å²) in [5.74, 6) is 2.04. The lowest BCUT2D eigenvalue weighted by Crippen LogP contribution is -2.37. The number of hydrogen-bond acceptors (Lipinski definition) is 6. The maximum atomic E-state index is 12.8. The van der Waals surface area contributed by atoms with Gasteiger partial charge in [0.15, 0.2) is 11.5 Å². The Hall–Kier alpha value is -3.62. The van der Waals surface area contributed by atoms with Gasteiger partial charge in [0.05, 0.1) is 19.9 Å². The SMILES string of the molecule is COc1ccc(OC)c(NC(=O)CN2CCN(c3ccc4c(c3)OCO4)C2=O)c1. The van der Waals surface area contributed by atoms with E-state index in [1.54, 1.807) is 48.4 Å². The number of methoxy groups -OCH3 is 2. The maximum absolute atomic E-state index is 12.8. The van der Waals surface area contributed by atoms with Crippen LogP contribution in [0.4, 0.5) is 16.2 Å². The maximum Gasteiger partial charge on any atom is 0.325 e. The molecule has 2 aliphatic rings. The highest BCUT2D eigenvalue weighted by molar-refractivity contribution is 6.00. The van der Waals surface area contributed by atoms with Crippen LogP contribution in [0, 0.1) is 0 Å². The van der Waals surface area contributed by atoms with Crippen molar-refractivity contribution in [2.24, 2.45) is 0 Å². The van der Waals surface area contributed by atoms with Gasteiger partial charge in [-0.15, -0.1) is 0 Å². The van der Waals surface area contributed by atoms with Crippen LogP contribution >= 0.6 is 0 Å². The second-order valence-electron chi connectivity index (χ2n) is 6.51. The lowest BCUT2D eigenvalue weighted by Gasteiger charge is -2.19. The number of hydrogen-bond donors (Lipinski definition) is 1. The predicted molar refractivity (Wildman–Crippen MR) is 105 cm³/mol. The summed E-state index contributed by atoms with van der Waals surface area (Å²) < 4.78 is 21.1. The van der Waals surface area contributed by atoms with Crippen molar-refractivity contribution in [3.63, 3.8) is 0 Å².